The van der Waals surface area contributed by atoms with E-state index in [4.69, 9.17) is 4.52 Å². The highest BCUT2D eigenvalue weighted by Crippen LogP contribution is 2.32. The lowest BCUT2D eigenvalue weighted by Crippen LogP contribution is -2.46. The van der Waals surface area contributed by atoms with Gasteiger partial charge in [0.2, 0.25) is 11.7 Å². The van der Waals surface area contributed by atoms with Crippen molar-refractivity contribution in [1.82, 2.24) is 19.9 Å². The van der Waals surface area contributed by atoms with E-state index in [-0.39, 0.29) is 0 Å². The van der Waals surface area contributed by atoms with Crippen molar-refractivity contribution in [3.8, 4) is 11.4 Å². The van der Waals surface area contributed by atoms with Crippen molar-refractivity contribution in [1.29, 1.82) is 0 Å². The number of likely N-dealkylation sites (N-methyl/N-ethyl adjacent to an activating group) is 1. The summed E-state index contributed by atoms with van der Waals surface area (Å²) in [5, 5.41) is 4.17. The largest absolute Gasteiger partial charge is 0.338 e. The molecular weight excluding hydrogens is 288 g/mol. The lowest BCUT2D eigenvalue weighted by molar-refractivity contribution is 0.110. The van der Waals surface area contributed by atoms with Gasteiger partial charge in [0, 0.05) is 18.2 Å². The maximum atomic E-state index is 5.51. The Hall–Kier alpha value is -1.72. The number of aryl methyl sites for hydroxylation is 1. The molecule has 0 amide bonds. The van der Waals surface area contributed by atoms with Crippen LogP contribution in [0.1, 0.15) is 24.3 Å². The molecule has 3 heterocycles. The minimum atomic E-state index is 0.642. The van der Waals surface area contributed by atoms with Crippen LogP contribution in [0.15, 0.2) is 28.8 Å². The van der Waals surface area contributed by atoms with Crippen molar-refractivity contribution in [2.45, 2.75) is 32.4 Å². The molecule has 2 aromatic rings. The molecule has 2 saturated heterocycles. The van der Waals surface area contributed by atoms with Crippen molar-refractivity contribution >= 4 is 0 Å². The molecule has 5 heteroatoms. The Morgan fingerprint density at radius 1 is 1.26 bits per heavy atom. The Balaban J connectivity index is 1.48. The number of rotatable bonds is 3. The number of likely N-dealkylation sites (tertiary alicyclic amines) is 2. The minimum absolute atomic E-state index is 0.642. The van der Waals surface area contributed by atoms with E-state index in [1.54, 1.807) is 0 Å². The van der Waals surface area contributed by atoms with Gasteiger partial charge in [-0.05, 0) is 51.9 Å². The molecule has 0 spiro atoms. The molecule has 2 aliphatic heterocycles. The van der Waals surface area contributed by atoms with E-state index in [1.165, 1.54) is 24.9 Å². The zero-order valence-electron chi connectivity index (χ0n) is 13.9. The Bertz CT molecular complexity index is 683. The molecule has 2 atom stereocenters. The highest BCUT2D eigenvalue weighted by Gasteiger charge is 2.37. The normalized spacial score (nSPS) is 25.7. The second-order valence-corrected chi connectivity index (χ2v) is 7.02. The third-order valence-corrected chi connectivity index (χ3v) is 5.26. The summed E-state index contributed by atoms with van der Waals surface area (Å²) in [4.78, 5) is 9.57. The second-order valence-electron chi connectivity index (χ2n) is 7.02. The first-order valence-electron chi connectivity index (χ1n) is 8.51. The summed E-state index contributed by atoms with van der Waals surface area (Å²) in [6.45, 7) is 6.38. The van der Waals surface area contributed by atoms with Gasteiger partial charge in [0.05, 0.1) is 6.54 Å². The molecule has 1 aromatic carbocycles. The topological polar surface area (TPSA) is 45.4 Å². The van der Waals surface area contributed by atoms with Gasteiger partial charge < -0.3 is 9.42 Å². The average Bonchev–Trinajstić information content (AvgIpc) is 3.15. The summed E-state index contributed by atoms with van der Waals surface area (Å²) < 4.78 is 5.51. The molecule has 122 valence electrons. The lowest BCUT2D eigenvalue weighted by atomic mass is 9.92. The fraction of sp³-hybridized carbons (Fsp3) is 0.556. The monoisotopic (exact) mass is 312 g/mol. The molecule has 0 unspecified atom stereocenters. The summed E-state index contributed by atoms with van der Waals surface area (Å²) in [6.07, 6.45) is 2.62. The smallest absolute Gasteiger partial charge is 0.241 e. The fourth-order valence-electron chi connectivity index (χ4n) is 3.98. The maximum Gasteiger partial charge on any atom is 0.241 e. The van der Waals surface area contributed by atoms with Gasteiger partial charge in [0.25, 0.3) is 0 Å². The van der Waals surface area contributed by atoms with Gasteiger partial charge in [-0.15, -0.1) is 0 Å². The number of fused-ring (bicyclic) bond motifs is 1. The van der Waals surface area contributed by atoms with Crippen LogP contribution >= 0.6 is 0 Å². The molecule has 1 aromatic heterocycles. The van der Waals surface area contributed by atoms with E-state index in [0.717, 1.165) is 37.0 Å². The third kappa shape index (κ3) is 3.03. The van der Waals surface area contributed by atoms with Gasteiger partial charge in [0.1, 0.15) is 0 Å². The second kappa shape index (κ2) is 6.06. The number of aromatic nitrogens is 2. The molecular formula is C18H24N4O. The van der Waals surface area contributed by atoms with Crippen LogP contribution in [-0.4, -0.2) is 52.7 Å². The first-order valence-corrected chi connectivity index (χ1v) is 8.51. The van der Waals surface area contributed by atoms with E-state index in [9.17, 15) is 0 Å². The quantitative estimate of drug-likeness (QED) is 0.871. The molecule has 0 N–H and O–H groups in total. The molecule has 5 nitrogen and oxygen atoms in total. The van der Waals surface area contributed by atoms with Crippen molar-refractivity contribution < 1.29 is 4.52 Å². The summed E-state index contributed by atoms with van der Waals surface area (Å²) in [6, 6.07) is 8.88. The number of hydrogen-bond donors (Lipinski definition) is 0. The van der Waals surface area contributed by atoms with E-state index in [1.807, 2.05) is 12.1 Å². The fourth-order valence-corrected chi connectivity index (χ4v) is 3.98. The maximum absolute atomic E-state index is 5.51. The Kier molecular flexibility index (Phi) is 3.91. The zero-order valence-corrected chi connectivity index (χ0v) is 13.9. The van der Waals surface area contributed by atoms with E-state index >= 15 is 0 Å². The predicted molar refractivity (Wildman–Crippen MR) is 88.9 cm³/mol. The van der Waals surface area contributed by atoms with Crippen LogP contribution in [0.4, 0.5) is 0 Å². The van der Waals surface area contributed by atoms with Gasteiger partial charge in [-0.1, -0.05) is 28.9 Å². The molecule has 2 fully saturated rings. The molecule has 2 aliphatic rings. The zero-order chi connectivity index (χ0) is 15.8. The lowest BCUT2D eigenvalue weighted by Gasteiger charge is -2.36. The number of piperidine rings is 1. The predicted octanol–water partition coefficient (Wildman–Crippen LogP) is 2.57. The average molecular weight is 312 g/mol. The highest BCUT2D eigenvalue weighted by molar-refractivity contribution is 5.55. The minimum Gasteiger partial charge on any atom is -0.338 e. The van der Waals surface area contributed by atoms with Crippen molar-refractivity contribution in [3.05, 3.63) is 35.7 Å². The summed E-state index contributed by atoms with van der Waals surface area (Å²) in [5.74, 6) is 2.26. The molecule has 0 radical (unpaired) electrons. The van der Waals surface area contributed by atoms with E-state index in [0.29, 0.717) is 11.9 Å². The molecule has 0 aliphatic carbocycles. The number of nitrogens with zero attached hydrogens (tertiary/aromatic N) is 4. The first kappa shape index (κ1) is 14.8. The Morgan fingerprint density at radius 3 is 3.00 bits per heavy atom. The van der Waals surface area contributed by atoms with Crippen LogP contribution in [-0.2, 0) is 6.54 Å². The molecule has 0 saturated carbocycles. The summed E-state index contributed by atoms with van der Waals surface area (Å²) >= 11 is 0. The third-order valence-electron chi connectivity index (χ3n) is 5.26. The van der Waals surface area contributed by atoms with Crippen LogP contribution in [0.2, 0.25) is 0 Å². The van der Waals surface area contributed by atoms with Crippen LogP contribution in [0.25, 0.3) is 11.4 Å². The molecule has 4 rings (SSSR count). The van der Waals surface area contributed by atoms with Gasteiger partial charge in [0.15, 0.2) is 0 Å². The van der Waals surface area contributed by atoms with Gasteiger partial charge in [-0.3, -0.25) is 4.90 Å². The van der Waals surface area contributed by atoms with Gasteiger partial charge in [-0.2, -0.15) is 4.98 Å². The number of benzene rings is 1. The van der Waals surface area contributed by atoms with Crippen molar-refractivity contribution in [2.75, 3.05) is 26.7 Å². The highest BCUT2D eigenvalue weighted by atomic mass is 16.5. The van der Waals surface area contributed by atoms with Crippen molar-refractivity contribution in [3.63, 3.8) is 0 Å². The first-order chi connectivity index (χ1) is 11.2. The molecule has 0 bridgehead atoms. The van der Waals surface area contributed by atoms with Crippen LogP contribution in [0, 0.1) is 12.8 Å². The molecule has 23 heavy (non-hydrogen) atoms. The summed E-state index contributed by atoms with van der Waals surface area (Å²) in [5.41, 5.74) is 2.23. The SMILES string of the molecule is Cc1cccc(-c2noc(CN3CC[C@@H]4CCN(C)C[C@H]43)n2)c1. The van der Waals surface area contributed by atoms with Crippen LogP contribution in [0.5, 0.6) is 0 Å². The Morgan fingerprint density at radius 2 is 2.13 bits per heavy atom. The van der Waals surface area contributed by atoms with Gasteiger partial charge in [-0.25, -0.2) is 0 Å². The Labute approximate surface area is 137 Å². The van der Waals surface area contributed by atoms with Crippen molar-refractivity contribution in [2.24, 2.45) is 5.92 Å². The van der Waals surface area contributed by atoms with E-state index in [2.05, 4.69) is 46.0 Å². The standard InChI is InChI=1S/C18H24N4O/c1-13-4-3-5-15(10-13)18-19-17(23-20-18)12-22-9-7-14-6-8-21(2)11-16(14)22/h3-5,10,14,16H,6-9,11-12H2,1-2H3/t14-,16+/m0/s1. The van der Waals surface area contributed by atoms with Gasteiger partial charge >= 0.3 is 0 Å². The van der Waals surface area contributed by atoms with Crippen LogP contribution < -0.4 is 0 Å². The summed E-state index contributed by atoms with van der Waals surface area (Å²) in [7, 11) is 2.22. The van der Waals surface area contributed by atoms with E-state index < -0.39 is 0 Å². The number of hydrogen-bond acceptors (Lipinski definition) is 5. The van der Waals surface area contributed by atoms with Crippen LogP contribution in [0.3, 0.4) is 0 Å².